The van der Waals surface area contributed by atoms with Crippen LogP contribution >= 0.6 is 0 Å². The maximum atomic E-state index is 9.72. The van der Waals surface area contributed by atoms with Crippen LogP contribution in [0.15, 0.2) is 47.9 Å². The zero-order chi connectivity index (χ0) is 15.2. The SMILES string of the molecule is CNC1C(COCC2=CC=CN(O)C2NC)=CC=CN1O. The third-order valence-electron chi connectivity index (χ3n) is 3.41. The third-order valence-corrected chi connectivity index (χ3v) is 3.41. The van der Waals surface area contributed by atoms with Gasteiger partial charge in [-0.05, 0) is 37.4 Å². The van der Waals surface area contributed by atoms with E-state index in [1.165, 1.54) is 0 Å². The lowest BCUT2D eigenvalue weighted by Gasteiger charge is -2.30. The summed E-state index contributed by atoms with van der Waals surface area (Å²) in [5.41, 5.74) is 1.85. The molecule has 0 aromatic carbocycles. The molecule has 0 aromatic heterocycles. The second kappa shape index (κ2) is 7.39. The van der Waals surface area contributed by atoms with Gasteiger partial charge in [0.05, 0.1) is 13.2 Å². The van der Waals surface area contributed by atoms with E-state index in [1.807, 2.05) is 12.2 Å². The second-order valence-electron chi connectivity index (χ2n) is 4.80. The summed E-state index contributed by atoms with van der Waals surface area (Å²) in [4.78, 5) is 0. The van der Waals surface area contributed by atoms with Crippen molar-refractivity contribution in [2.45, 2.75) is 12.3 Å². The molecule has 2 aliphatic heterocycles. The van der Waals surface area contributed by atoms with Crippen molar-refractivity contribution in [2.75, 3.05) is 27.3 Å². The topological polar surface area (TPSA) is 80.2 Å². The molecule has 7 heteroatoms. The molecule has 2 unspecified atom stereocenters. The van der Waals surface area contributed by atoms with Crippen molar-refractivity contribution in [1.29, 1.82) is 0 Å². The van der Waals surface area contributed by atoms with Crippen LogP contribution in [0.2, 0.25) is 0 Å². The monoisotopic (exact) mass is 294 g/mol. The number of hydrogen-bond donors (Lipinski definition) is 4. The molecule has 116 valence electrons. The van der Waals surface area contributed by atoms with Gasteiger partial charge in [0.15, 0.2) is 0 Å². The van der Waals surface area contributed by atoms with Gasteiger partial charge in [-0.1, -0.05) is 12.2 Å². The highest BCUT2D eigenvalue weighted by atomic mass is 16.5. The average Bonchev–Trinajstić information content (AvgIpc) is 2.47. The molecular formula is C14H22N4O3. The number of allylic oxidation sites excluding steroid dienone is 4. The van der Waals surface area contributed by atoms with Gasteiger partial charge in [-0.15, -0.1) is 0 Å². The minimum atomic E-state index is -0.287. The lowest BCUT2D eigenvalue weighted by Crippen LogP contribution is -2.44. The minimum absolute atomic E-state index is 0.287. The van der Waals surface area contributed by atoms with Crippen molar-refractivity contribution in [3.63, 3.8) is 0 Å². The van der Waals surface area contributed by atoms with Crippen molar-refractivity contribution in [2.24, 2.45) is 0 Å². The molecule has 0 fully saturated rings. The maximum Gasteiger partial charge on any atom is 0.129 e. The van der Waals surface area contributed by atoms with Crippen LogP contribution in [0.4, 0.5) is 0 Å². The number of nitrogens with one attached hydrogen (secondary N) is 2. The smallest absolute Gasteiger partial charge is 0.129 e. The van der Waals surface area contributed by atoms with Crippen LogP contribution in [-0.4, -0.2) is 60.2 Å². The highest BCUT2D eigenvalue weighted by Crippen LogP contribution is 2.15. The Balaban J connectivity index is 1.89. The summed E-state index contributed by atoms with van der Waals surface area (Å²) in [5.74, 6) is 0. The molecule has 0 saturated heterocycles. The molecular weight excluding hydrogens is 272 g/mol. The summed E-state index contributed by atoms with van der Waals surface area (Å²) in [5, 5.41) is 27.7. The first-order chi connectivity index (χ1) is 10.2. The largest absolute Gasteiger partial charge is 0.372 e. The maximum absolute atomic E-state index is 9.72. The molecule has 4 N–H and O–H groups in total. The molecule has 2 aliphatic rings. The van der Waals surface area contributed by atoms with E-state index in [1.54, 1.807) is 38.6 Å². The Hall–Kier alpha value is -1.64. The van der Waals surface area contributed by atoms with E-state index in [-0.39, 0.29) is 12.3 Å². The number of hydroxylamine groups is 4. The summed E-state index contributed by atoms with van der Waals surface area (Å²) < 4.78 is 5.71. The first-order valence-electron chi connectivity index (χ1n) is 6.78. The molecule has 21 heavy (non-hydrogen) atoms. The third kappa shape index (κ3) is 3.72. The van der Waals surface area contributed by atoms with E-state index >= 15 is 0 Å². The van der Waals surface area contributed by atoms with Gasteiger partial charge in [0.25, 0.3) is 0 Å². The fourth-order valence-electron chi connectivity index (χ4n) is 2.38. The van der Waals surface area contributed by atoms with Crippen molar-refractivity contribution >= 4 is 0 Å². The van der Waals surface area contributed by atoms with Gasteiger partial charge < -0.3 is 4.74 Å². The summed E-state index contributed by atoms with van der Waals surface area (Å²) in [7, 11) is 3.55. The number of hydrogen-bond acceptors (Lipinski definition) is 7. The Kier molecular flexibility index (Phi) is 5.54. The van der Waals surface area contributed by atoms with E-state index in [0.29, 0.717) is 13.2 Å². The first kappa shape index (κ1) is 15.7. The summed E-state index contributed by atoms with van der Waals surface area (Å²) >= 11 is 0. The van der Waals surface area contributed by atoms with Crippen molar-refractivity contribution in [1.82, 2.24) is 20.8 Å². The lowest BCUT2D eigenvalue weighted by atomic mass is 10.1. The molecule has 2 atom stereocenters. The Morgan fingerprint density at radius 2 is 1.38 bits per heavy atom. The van der Waals surface area contributed by atoms with Crippen molar-refractivity contribution < 1.29 is 15.2 Å². The predicted octanol–water partition coefficient (Wildman–Crippen LogP) is 0.384. The molecule has 0 spiro atoms. The van der Waals surface area contributed by atoms with E-state index in [4.69, 9.17) is 4.74 Å². The average molecular weight is 294 g/mol. The molecule has 7 nitrogen and oxygen atoms in total. The number of ether oxygens (including phenoxy) is 1. The molecule has 0 bridgehead atoms. The van der Waals surface area contributed by atoms with Crippen LogP contribution in [0.25, 0.3) is 0 Å². The highest BCUT2D eigenvalue weighted by molar-refractivity contribution is 5.24. The van der Waals surface area contributed by atoms with Crippen LogP contribution in [0.5, 0.6) is 0 Å². The van der Waals surface area contributed by atoms with E-state index in [0.717, 1.165) is 21.3 Å². The summed E-state index contributed by atoms with van der Waals surface area (Å²) in [6, 6.07) is 0. The fourth-order valence-corrected chi connectivity index (χ4v) is 2.38. The second-order valence-corrected chi connectivity index (χ2v) is 4.80. The van der Waals surface area contributed by atoms with Gasteiger partial charge in [0.1, 0.15) is 12.3 Å². The Bertz CT molecular complexity index is 431. The molecule has 0 aromatic rings. The van der Waals surface area contributed by atoms with Crippen molar-refractivity contribution in [3.8, 4) is 0 Å². The standard InChI is InChI=1S/C14H22N4O3/c1-15-13-11(5-3-7-17(13)19)9-21-10-12-6-4-8-18(20)14(12)16-2/h3-8,13-16,19-20H,9-10H2,1-2H3. The minimum Gasteiger partial charge on any atom is -0.372 e. The quantitative estimate of drug-likeness (QED) is 0.564. The number of rotatable bonds is 6. The zero-order valence-corrected chi connectivity index (χ0v) is 12.2. The molecule has 2 rings (SSSR count). The number of likely N-dealkylation sites (N-methyl/N-ethyl adjacent to an activating group) is 2. The molecule has 0 saturated carbocycles. The van der Waals surface area contributed by atoms with Gasteiger partial charge in [0.2, 0.25) is 0 Å². The molecule has 2 heterocycles. The summed E-state index contributed by atoms with van der Waals surface area (Å²) in [6.07, 6.45) is 9.95. The van der Waals surface area contributed by atoms with Crippen molar-refractivity contribution in [3.05, 3.63) is 47.9 Å². The highest BCUT2D eigenvalue weighted by Gasteiger charge is 2.22. The van der Waals surface area contributed by atoms with Gasteiger partial charge >= 0.3 is 0 Å². The zero-order valence-electron chi connectivity index (χ0n) is 12.2. The summed E-state index contributed by atoms with van der Waals surface area (Å²) in [6.45, 7) is 0.769. The van der Waals surface area contributed by atoms with Gasteiger partial charge in [-0.25, -0.2) is 10.1 Å². The molecule has 0 aliphatic carbocycles. The van der Waals surface area contributed by atoms with E-state index in [2.05, 4.69) is 10.6 Å². The van der Waals surface area contributed by atoms with E-state index < -0.39 is 0 Å². The molecule has 0 amide bonds. The number of nitrogens with zero attached hydrogens (tertiary/aromatic N) is 2. The van der Waals surface area contributed by atoms with Gasteiger partial charge in [-0.2, -0.15) is 0 Å². The predicted molar refractivity (Wildman–Crippen MR) is 78.2 cm³/mol. The van der Waals surface area contributed by atoms with E-state index in [9.17, 15) is 10.4 Å². The van der Waals surface area contributed by atoms with Gasteiger partial charge in [-0.3, -0.25) is 21.0 Å². The Morgan fingerprint density at radius 1 is 0.952 bits per heavy atom. The van der Waals surface area contributed by atoms with Gasteiger partial charge in [0, 0.05) is 12.4 Å². The fraction of sp³-hybridized carbons (Fsp3) is 0.429. The Labute approximate surface area is 124 Å². The van der Waals surface area contributed by atoms with Crippen LogP contribution in [-0.2, 0) is 4.74 Å². The first-order valence-corrected chi connectivity index (χ1v) is 6.78. The Morgan fingerprint density at radius 3 is 1.76 bits per heavy atom. The van der Waals surface area contributed by atoms with Crippen LogP contribution in [0, 0.1) is 0 Å². The molecule has 0 radical (unpaired) electrons. The lowest BCUT2D eigenvalue weighted by molar-refractivity contribution is -0.0833. The van der Waals surface area contributed by atoms with Crippen LogP contribution in [0.1, 0.15) is 0 Å². The normalized spacial score (nSPS) is 25.1. The van der Waals surface area contributed by atoms with Crippen LogP contribution in [0.3, 0.4) is 0 Å². The van der Waals surface area contributed by atoms with Crippen LogP contribution < -0.4 is 10.6 Å².